The lowest BCUT2D eigenvalue weighted by molar-refractivity contribution is -0.115. The van der Waals surface area contributed by atoms with Crippen LogP contribution in [0.1, 0.15) is 49.4 Å². The summed E-state index contributed by atoms with van der Waals surface area (Å²) in [6, 6.07) is 12.2. The minimum absolute atomic E-state index is 0.132. The molecule has 0 radical (unpaired) electrons. The fraction of sp³-hybridized carbons (Fsp3) is 0.308. The Kier molecular flexibility index (Phi) is 6.41. The van der Waals surface area contributed by atoms with Gasteiger partial charge in [-0.15, -0.1) is 0 Å². The zero-order valence-electron chi connectivity index (χ0n) is 19.4. The lowest BCUT2D eigenvalue weighted by Crippen LogP contribution is -2.56. The van der Waals surface area contributed by atoms with Crippen LogP contribution in [-0.4, -0.2) is 40.0 Å². The minimum atomic E-state index is -1.23. The first-order chi connectivity index (χ1) is 16.6. The van der Waals surface area contributed by atoms with Gasteiger partial charge in [0.15, 0.2) is 5.78 Å². The molecule has 2 aliphatic rings. The number of carbonyl (C=O) groups excluding carboxylic acids is 3. The van der Waals surface area contributed by atoms with Crippen molar-refractivity contribution in [1.82, 2.24) is 10.2 Å². The molecule has 0 aromatic heterocycles. The topological polar surface area (TPSA) is 114 Å². The number of anilines is 1. The minimum Gasteiger partial charge on any atom is -0.389 e. The molecule has 35 heavy (non-hydrogen) atoms. The lowest BCUT2D eigenvalue weighted by Gasteiger charge is -2.41. The van der Waals surface area contributed by atoms with Gasteiger partial charge in [0.05, 0.1) is 29.0 Å². The third-order valence-corrected chi connectivity index (χ3v) is 5.97. The molecule has 0 unspecified atom stereocenters. The molecule has 8 nitrogen and oxygen atoms in total. The van der Waals surface area contributed by atoms with Crippen molar-refractivity contribution in [3.8, 4) is 6.07 Å². The number of amides is 4. The molecule has 0 spiro atoms. The number of rotatable bonds is 5. The SMILES string of the molecule is CC(C)(O)CNC(=O)N1C(=O)N(c2cccc(CF)c2)C2=C(C(=O)CC2)[C@H]1c1ccc(C#N)cc1. The van der Waals surface area contributed by atoms with E-state index in [1.807, 2.05) is 6.07 Å². The number of imide groups is 1. The van der Waals surface area contributed by atoms with E-state index in [0.29, 0.717) is 40.1 Å². The average Bonchev–Trinajstić information content (AvgIpc) is 3.22. The second-order valence-electron chi connectivity index (χ2n) is 9.18. The van der Waals surface area contributed by atoms with Gasteiger partial charge in [0, 0.05) is 24.2 Å². The van der Waals surface area contributed by atoms with Gasteiger partial charge in [-0.3, -0.25) is 9.69 Å². The van der Waals surface area contributed by atoms with Crippen molar-refractivity contribution in [3.63, 3.8) is 0 Å². The number of halogens is 1. The highest BCUT2D eigenvalue weighted by molar-refractivity contribution is 6.12. The molecule has 0 bridgehead atoms. The summed E-state index contributed by atoms with van der Waals surface area (Å²) < 4.78 is 13.4. The number of Topliss-reactive ketones (excluding diaryl/α,β-unsaturated/α-hetero) is 1. The molecule has 1 aliphatic heterocycles. The van der Waals surface area contributed by atoms with E-state index in [2.05, 4.69) is 5.32 Å². The predicted molar refractivity (Wildman–Crippen MR) is 126 cm³/mol. The summed E-state index contributed by atoms with van der Waals surface area (Å²) in [7, 11) is 0. The van der Waals surface area contributed by atoms with Crippen molar-refractivity contribution >= 4 is 23.5 Å². The van der Waals surface area contributed by atoms with Gasteiger partial charge in [-0.05, 0) is 55.7 Å². The molecule has 4 rings (SSSR count). The summed E-state index contributed by atoms with van der Waals surface area (Å²) in [5.41, 5.74) is 1.14. The third kappa shape index (κ3) is 4.66. The molecule has 1 atom stereocenters. The maximum atomic E-state index is 13.9. The maximum Gasteiger partial charge on any atom is 0.337 e. The molecule has 9 heteroatoms. The number of nitrogens with zero attached hydrogens (tertiary/aromatic N) is 3. The van der Waals surface area contributed by atoms with E-state index in [0.717, 1.165) is 4.90 Å². The number of urea groups is 2. The Labute approximate surface area is 202 Å². The van der Waals surface area contributed by atoms with E-state index in [4.69, 9.17) is 5.26 Å². The van der Waals surface area contributed by atoms with Gasteiger partial charge in [0.2, 0.25) is 0 Å². The predicted octanol–water partition coefficient (Wildman–Crippen LogP) is 4.11. The number of allylic oxidation sites excluding steroid dienone is 1. The summed E-state index contributed by atoms with van der Waals surface area (Å²) in [5, 5.41) is 21.8. The number of carbonyl (C=O) groups is 3. The van der Waals surface area contributed by atoms with E-state index in [1.165, 1.54) is 24.8 Å². The lowest BCUT2D eigenvalue weighted by atomic mass is 9.92. The Bertz CT molecular complexity index is 1260. The van der Waals surface area contributed by atoms with Crippen LogP contribution in [0.3, 0.4) is 0 Å². The Morgan fingerprint density at radius 2 is 1.91 bits per heavy atom. The molecule has 4 amide bonds. The largest absolute Gasteiger partial charge is 0.389 e. The molecule has 2 N–H and O–H groups in total. The fourth-order valence-corrected chi connectivity index (χ4v) is 4.35. The first-order valence-electron chi connectivity index (χ1n) is 11.2. The Hall–Kier alpha value is -4.03. The quantitative estimate of drug-likeness (QED) is 0.674. The van der Waals surface area contributed by atoms with Gasteiger partial charge < -0.3 is 10.4 Å². The maximum absolute atomic E-state index is 13.9. The number of ketones is 1. The van der Waals surface area contributed by atoms with Crippen molar-refractivity contribution < 1.29 is 23.9 Å². The Morgan fingerprint density at radius 3 is 2.54 bits per heavy atom. The van der Waals surface area contributed by atoms with E-state index in [9.17, 15) is 23.9 Å². The molecule has 0 saturated carbocycles. The normalized spacial score (nSPS) is 18.0. The smallest absolute Gasteiger partial charge is 0.337 e. The Balaban J connectivity index is 1.88. The van der Waals surface area contributed by atoms with E-state index in [1.54, 1.807) is 42.5 Å². The first kappa shape index (κ1) is 24.1. The molecule has 180 valence electrons. The monoisotopic (exact) mass is 476 g/mol. The zero-order chi connectivity index (χ0) is 25.3. The van der Waals surface area contributed by atoms with Gasteiger partial charge in [0.25, 0.3) is 0 Å². The number of alkyl halides is 1. The van der Waals surface area contributed by atoms with Crippen LogP contribution >= 0.6 is 0 Å². The van der Waals surface area contributed by atoms with Crippen LogP contribution in [0, 0.1) is 11.3 Å². The van der Waals surface area contributed by atoms with Crippen molar-refractivity contribution in [2.45, 2.75) is 45.0 Å². The molecule has 2 aromatic carbocycles. The zero-order valence-corrected chi connectivity index (χ0v) is 19.4. The number of benzene rings is 2. The second kappa shape index (κ2) is 9.31. The summed E-state index contributed by atoms with van der Waals surface area (Å²) in [5.74, 6) is -0.200. The molecule has 1 heterocycles. The summed E-state index contributed by atoms with van der Waals surface area (Å²) >= 11 is 0. The fourth-order valence-electron chi connectivity index (χ4n) is 4.35. The van der Waals surface area contributed by atoms with E-state index in [-0.39, 0.29) is 18.7 Å². The highest BCUT2D eigenvalue weighted by Gasteiger charge is 2.48. The van der Waals surface area contributed by atoms with E-state index < -0.39 is 30.4 Å². The van der Waals surface area contributed by atoms with Gasteiger partial charge in [-0.25, -0.2) is 18.9 Å². The number of hydrogen-bond donors (Lipinski definition) is 2. The summed E-state index contributed by atoms with van der Waals surface area (Å²) in [4.78, 5) is 42.6. The van der Waals surface area contributed by atoms with Crippen LogP contribution in [-0.2, 0) is 11.5 Å². The molecular formula is C26H25FN4O4. The van der Waals surface area contributed by atoms with Crippen molar-refractivity contribution in [2.75, 3.05) is 11.4 Å². The van der Waals surface area contributed by atoms with Crippen LogP contribution < -0.4 is 10.2 Å². The van der Waals surface area contributed by atoms with Crippen LogP contribution in [0.2, 0.25) is 0 Å². The summed E-state index contributed by atoms with van der Waals surface area (Å²) in [6.45, 7) is 2.16. The third-order valence-electron chi connectivity index (χ3n) is 5.97. The van der Waals surface area contributed by atoms with Crippen molar-refractivity contribution in [2.24, 2.45) is 0 Å². The average molecular weight is 477 g/mol. The standard InChI is InChI=1S/C26H25FN4O4/c1-26(2,35)15-29-24(33)31-23(18-8-6-16(14-28)7-9-18)22-20(10-11-21(22)32)30(25(31)34)19-5-3-4-17(12-19)13-27/h3-9,12,23,35H,10-11,13,15H2,1-2H3,(H,29,33)/t23-/m1/s1. The molecule has 2 aromatic rings. The van der Waals surface area contributed by atoms with Crippen LogP contribution in [0.4, 0.5) is 19.7 Å². The number of hydrogen-bond acceptors (Lipinski definition) is 5. The number of nitriles is 1. The van der Waals surface area contributed by atoms with Crippen LogP contribution in [0.15, 0.2) is 59.8 Å². The molecule has 0 fully saturated rings. The number of nitrogens with one attached hydrogen (secondary N) is 1. The molecule has 1 aliphatic carbocycles. The van der Waals surface area contributed by atoms with Crippen LogP contribution in [0.5, 0.6) is 0 Å². The highest BCUT2D eigenvalue weighted by atomic mass is 19.1. The molecule has 0 saturated heterocycles. The van der Waals surface area contributed by atoms with Crippen LogP contribution in [0.25, 0.3) is 0 Å². The van der Waals surface area contributed by atoms with Crippen molar-refractivity contribution in [1.29, 1.82) is 5.26 Å². The summed E-state index contributed by atoms with van der Waals surface area (Å²) in [6.07, 6.45) is 0.467. The van der Waals surface area contributed by atoms with Gasteiger partial charge in [-0.1, -0.05) is 24.3 Å². The second-order valence-corrected chi connectivity index (χ2v) is 9.18. The van der Waals surface area contributed by atoms with Gasteiger partial charge in [-0.2, -0.15) is 5.26 Å². The number of aliphatic hydroxyl groups is 1. The van der Waals surface area contributed by atoms with E-state index >= 15 is 0 Å². The van der Waals surface area contributed by atoms with Gasteiger partial charge >= 0.3 is 12.1 Å². The van der Waals surface area contributed by atoms with Gasteiger partial charge in [0.1, 0.15) is 6.67 Å². The Morgan fingerprint density at radius 1 is 1.20 bits per heavy atom. The molecular weight excluding hydrogens is 451 g/mol. The first-order valence-corrected chi connectivity index (χ1v) is 11.2. The van der Waals surface area contributed by atoms with Crippen molar-refractivity contribution in [3.05, 3.63) is 76.5 Å². The highest BCUT2D eigenvalue weighted by Crippen LogP contribution is 2.45.